The maximum absolute atomic E-state index is 13.0. The number of hydrogen-bond donors (Lipinski definition) is 1. The van der Waals surface area contributed by atoms with Crippen molar-refractivity contribution in [2.75, 3.05) is 36.4 Å². The number of amides is 2. The molecule has 0 saturated carbocycles. The van der Waals surface area contributed by atoms with E-state index in [2.05, 4.69) is 74.7 Å². The number of urea groups is 1. The number of rotatable bonds is 3. The third-order valence-electron chi connectivity index (χ3n) is 5.84. The van der Waals surface area contributed by atoms with Crippen LogP contribution in [0.4, 0.5) is 15.6 Å². The summed E-state index contributed by atoms with van der Waals surface area (Å²) in [7, 11) is 0. The molecule has 0 bridgehead atoms. The average Bonchev–Trinajstić information content (AvgIpc) is 3.21. The predicted molar refractivity (Wildman–Crippen MR) is 121 cm³/mol. The molecule has 3 aromatic rings. The second-order valence-corrected chi connectivity index (χ2v) is 8.74. The number of thiazole rings is 1. The molecule has 1 fully saturated rings. The van der Waals surface area contributed by atoms with E-state index in [1.165, 1.54) is 28.2 Å². The molecule has 1 saturated heterocycles. The monoisotopic (exact) mass is 419 g/mol. The average molecular weight is 420 g/mol. The highest BCUT2D eigenvalue weighted by molar-refractivity contribution is 7.13. The van der Waals surface area contributed by atoms with E-state index in [0.717, 1.165) is 26.2 Å². The van der Waals surface area contributed by atoms with Gasteiger partial charge in [0.2, 0.25) is 0 Å². The van der Waals surface area contributed by atoms with Crippen molar-refractivity contribution in [2.24, 2.45) is 0 Å². The largest absolute Gasteiger partial charge is 0.364 e. The number of nitrogens with zero attached hydrogens (tertiary/aromatic N) is 4. The molecule has 7 heteroatoms. The molecule has 30 heavy (non-hydrogen) atoms. The maximum Gasteiger partial charge on any atom is 0.324 e. The Morgan fingerprint density at radius 1 is 1.07 bits per heavy atom. The van der Waals surface area contributed by atoms with E-state index in [9.17, 15) is 4.79 Å². The number of fused-ring (bicyclic) bond motifs is 3. The minimum atomic E-state index is -0.0817. The number of carbonyl (C=O) groups is 1. The van der Waals surface area contributed by atoms with Gasteiger partial charge >= 0.3 is 6.03 Å². The minimum absolute atomic E-state index is 0.0817. The van der Waals surface area contributed by atoms with Crippen molar-refractivity contribution in [2.45, 2.75) is 19.1 Å². The Kier molecular flexibility index (Phi) is 5.38. The summed E-state index contributed by atoms with van der Waals surface area (Å²) < 4.78 is 0. The van der Waals surface area contributed by atoms with Crippen LogP contribution < -0.4 is 10.2 Å². The Morgan fingerprint density at radius 2 is 1.90 bits per heavy atom. The van der Waals surface area contributed by atoms with Gasteiger partial charge in [-0.25, -0.2) is 9.78 Å². The zero-order chi connectivity index (χ0) is 20.3. The summed E-state index contributed by atoms with van der Waals surface area (Å²) >= 11 is 1.44. The maximum atomic E-state index is 13.0. The zero-order valence-electron chi connectivity index (χ0n) is 16.8. The molecule has 2 aliphatic rings. The molecule has 2 amide bonds. The third-order valence-corrected chi connectivity index (χ3v) is 6.53. The van der Waals surface area contributed by atoms with E-state index in [1.807, 2.05) is 10.3 Å². The molecule has 5 rings (SSSR count). The first-order valence-corrected chi connectivity index (χ1v) is 11.2. The Hall–Kier alpha value is -2.90. The molecule has 1 unspecified atom stereocenters. The lowest BCUT2D eigenvalue weighted by atomic mass is 10.1. The molecule has 1 aromatic heterocycles. The molecule has 0 spiro atoms. The lowest BCUT2D eigenvalue weighted by molar-refractivity contribution is 0.177. The van der Waals surface area contributed by atoms with E-state index < -0.39 is 0 Å². The fraction of sp³-hybridized carbons (Fsp3) is 0.304. The van der Waals surface area contributed by atoms with Crippen LogP contribution in [0.15, 0.2) is 66.2 Å². The minimum Gasteiger partial charge on any atom is -0.364 e. The molecule has 0 aliphatic carbocycles. The lowest BCUT2D eigenvalue weighted by Gasteiger charge is -2.43. The number of carbonyl (C=O) groups excluding carboxylic acids is 1. The van der Waals surface area contributed by atoms with Gasteiger partial charge in [-0.3, -0.25) is 10.2 Å². The Bertz CT molecular complexity index is 994. The highest BCUT2D eigenvalue weighted by Crippen LogP contribution is 2.30. The van der Waals surface area contributed by atoms with Crippen molar-refractivity contribution in [1.29, 1.82) is 0 Å². The van der Waals surface area contributed by atoms with Gasteiger partial charge in [-0.05, 0) is 17.2 Å². The molecular weight excluding hydrogens is 394 g/mol. The predicted octanol–water partition coefficient (Wildman–Crippen LogP) is 3.88. The first kappa shape index (κ1) is 19.1. The molecular formula is C23H25N5OS. The second kappa shape index (κ2) is 8.45. The Morgan fingerprint density at radius 3 is 2.73 bits per heavy atom. The van der Waals surface area contributed by atoms with Crippen LogP contribution in [0.5, 0.6) is 0 Å². The standard InChI is InChI=1S/C23H25N5OS/c29-23(25-22-24-10-13-30-22)27-15-19-8-4-5-9-21(19)28-12-11-26(16-20(28)17-27)14-18-6-2-1-3-7-18/h1-10,13,20H,11-12,14-17H2,(H,24,25,29). The fourth-order valence-corrected chi connectivity index (χ4v) is 4.96. The van der Waals surface area contributed by atoms with Crippen LogP contribution in [0.1, 0.15) is 11.1 Å². The second-order valence-electron chi connectivity index (χ2n) is 7.84. The van der Waals surface area contributed by atoms with Crippen molar-refractivity contribution < 1.29 is 4.79 Å². The number of hydrogen-bond acceptors (Lipinski definition) is 5. The van der Waals surface area contributed by atoms with Crippen molar-refractivity contribution in [3.05, 3.63) is 77.3 Å². The highest BCUT2D eigenvalue weighted by Gasteiger charge is 2.34. The third kappa shape index (κ3) is 4.04. The summed E-state index contributed by atoms with van der Waals surface area (Å²) in [5.41, 5.74) is 3.79. The van der Waals surface area contributed by atoms with Crippen molar-refractivity contribution in [3.63, 3.8) is 0 Å². The van der Waals surface area contributed by atoms with Crippen LogP contribution >= 0.6 is 11.3 Å². The van der Waals surface area contributed by atoms with Gasteiger partial charge in [0, 0.05) is 56.5 Å². The smallest absolute Gasteiger partial charge is 0.324 e. The summed E-state index contributed by atoms with van der Waals surface area (Å²) in [6.07, 6.45) is 1.71. The molecule has 0 radical (unpaired) electrons. The summed E-state index contributed by atoms with van der Waals surface area (Å²) in [5.74, 6) is 0. The van der Waals surface area contributed by atoms with Gasteiger partial charge < -0.3 is 9.80 Å². The number of para-hydroxylation sites is 1. The molecule has 154 valence electrons. The SMILES string of the molecule is O=C(Nc1nccs1)N1Cc2ccccc2N2CCN(Cc3ccccc3)CC2C1. The molecule has 2 aromatic carbocycles. The van der Waals surface area contributed by atoms with Gasteiger partial charge in [0.05, 0.1) is 6.04 Å². The molecule has 2 aliphatic heterocycles. The van der Waals surface area contributed by atoms with Crippen LogP contribution in [0.2, 0.25) is 0 Å². The van der Waals surface area contributed by atoms with Crippen LogP contribution in [0, 0.1) is 0 Å². The summed E-state index contributed by atoms with van der Waals surface area (Å²) in [6, 6.07) is 19.3. The fourth-order valence-electron chi connectivity index (χ4n) is 4.44. The van der Waals surface area contributed by atoms with Crippen LogP contribution in [0.25, 0.3) is 0 Å². The number of anilines is 2. The first-order chi connectivity index (χ1) is 14.8. The van der Waals surface area contributed by atoms with Crippen molar-refractivity contribution >= 4 is 28.2 Å². The van der Waals surface area contributed by atoms with Gasteiger partial charge in [-0.2, -0.15) is 0 Å². The summed E-state index contributed by atoms with van der Waals surface area (Å²) in [4.78, 5) is 24.1. The van der Waals surface area contributed by atoms with Crippen molar-refractivity contribution in [3.8, 4) is 0 Å². The highest BCUT2D eigenvalue weighted by atomic mass is 32.1. The van der Waals surface area contributed by atoms with E-state index in [4.69, 9.17) is 0 Å². The van der Waals surface area contributed by atoms with Gasteiger partial charge in [0.25, 0.3) is 0 Å². The lowest BCUT2D eigenvalue weighted by Crippen LogP contribution is -2.56. The van der Waals surface area contributed by atoms with E-state index in [0.29, 0.717) is 18.2 Å². The van der Waals surface area contributed by atoms with E-state index >= 15 is 0 Å². The molecule has 6 nitrogen and oxygen atoms in total. The first-order valence-electron chi connectivity index (χ1n) is 10.3. The molecule has 3 heterocycles. The number of aromatic nitrogens is 1. The van der Waals surface area contributed by atoms with E-state index in [-0.39, 0.29) is 12.1 Å². The molecule has 1 atom stereocenters. The number of nitrogens with one attached hydrogen (secondary N) is 1. The quantitative estimate of drug-likeness (QED) is 0.700. The van der Waals surface area contributed by atoms with Gasteiger partial charge in [0.15, 0.2) is 5.13 Å². The van der Waals surface area contributed by atoms with Gasteiger partial charge in [-0.1, -0.05) is 48.5 Å². The molecule has 1 N–H and O–H groups in total. The van der Waals surface area contributed by atoms with E-state index in [1.54, 1.807) is 6.20 Å². The van der Waals surface area contributed by atoms with Crippen LogP contribution in [-0.2, 0) is 13.1 Å². The van der Waals surface area contributed by atoms with Crippen LogP contribution in [0.3, 0.4) is 0 Å². The Labute approximate surface area is 180 Å². The number of piperazine rings is 1. The van der Waals surface area contributed by atoms with Gasteiger partial charge in [-0.15, -0.1) is 11.3 Å². The normalized spacial score (nSPS) is 19.0. The zero-order valence-corrected chi connectivity index (χ0v) is 17.6. The van der Waals surface area contributed by atoms with Gasteiger partial charge in [0.1, 0.15) is 0 Å². The topological polar surface area (TPSA) is 51.7 Å². The summed E-state index contributed by atoms with van der Waals surface area (Å²) in [6.45, 7) is 5.17. The van der Waals surface area contributed by atoms with Crippen molar-refractivity contribution in [1.82, 2.24) is 14.8 Å². The van der Waals surface area contributed by atoms with Crippen LogP contribution in [-0.4, -0.2) is 53.0 Å². The Balaban J connectivity index is 1.37. The summed E-state index contributed by atoms with van der Waals surface area (Å²) in [5, 5.41) is 5.47. The number of benzene rings is 2.